The highest BCUT2D eigenvalue weighted by Gasteiger charge is 2.36. The summed E-state index contributed by atoms with van der Waals surface area (Å²) in [5.74, 6) is 1.58. The van der Waals surface area contributed by atoms with Crippen LogP contribution >= 0.6 is 12.4 Å². The molecule has 0 amide bonds. The van der Waals surface area contributed by atoms with Crippen molar-refractivity contribution in [1.82, 2.24) is 5.32 Å². The highest BCUT2D eigenvalue weighted by atomic mass is 35.5. The van der Waals surface area contributed by atoms with Crippen molar-refractivity contribution in [1.29, 1.82) is 0 Å². The molecular weight excluding hydrogens is 322 g/mol. The fraction of sp³-hybridized carbons (Fsp3) is 0.600. The fourth-order valence-corrected chi connectivity index (χ4v) is 4.55. The van der Waals surface area contributed by atoms with Crippen LogP contribution in [0.3, 0.4) is 0 Å². The molecular formula is C20H30ClNO2. The van der Waals surface area contributed by atoms with E-state index in [2.05, 4.69) is 25.2 Å². The maximum Gasteiger partial charge on any atom is 0.126 e. The van der Waals surface area contributed by atoms with E-state index in [1.165, 1.54) is 47.9 Å². The van der Waals surface area contributed by atoms with E-state index in [-0.39, 0.29) is 19.0 Å². The lowest BCUT2D eigenvalue weighted by atomic mass is 9.86. The van der Waals surface area contributed by atoms with Gasteiger partial charge in [-0.25, -0.2) is 0 Å². The van der Waals surface area contributed by atoms with Gasteiger partial charge in [0.2, 0.25) is 0 Å². The molecule has 24 heavy (non-hydrogen) atoms. The van der Waals surface area contributed by atoms with Crippen molar-refractivity contribution in [3.05, 3.63) is 33.9 Å². The number of aryl methyl sites for hydroxylation is 2. The largest absolute Gasteiger partial charge is 0.496 e. The fourth-order valence-electron chi connectivity index (χ4n) is 4.55. The highest BCUT2D eigenvalue weighted by molar-refractivity contribution is 5.85. The molecule has 0 aliphatic heterocycles. The lowest BCUT2D eigenvalue weighted by Crippen LogP contribution is -2.21. The summed E-state index contributed by atoms with van der Waals surface area (Å²) in [5.41, 5.74) is 8.82. The Morgan fingerprint density at radius 1 is 1.17 bits per heavy atom. The number of hydrogen-bond donors (Lipinski definition) is 2. The van der Waals surface area contributed by atoms with Crippen LogP contribution in [0.15, 0.2) is 11.6 Å². The van der Waals surface area contributed by atoms with Gasteiger partial charge in [0.15, 0.2) is 0 Å². The second kappa shape index (κ2) is 8.37. The first-order valence-corrected chi connectivity index (χ1v) is 8.91. The van der Waals surface area contributed by atoms with Gasteiger partial charge in [-0.1, -0.05) is 11.6 Å². The van der Waals surface area contributed by atoms with Gasteiger partial charge in [0.25, 0.3) is 0 Å². The summed E-state index contributed by atoms with van der Waals surface area (Å²) in [6.07, 6.45) is 6.16. The first-order chi connectivity index (χ1) is 11.2. The summed E-state index contributed by atoms with van der Waals surface area (Å²) < 4.78 is 5.82. The molecule has 1 aromatic carbocycles. The van der Waals surface area contributed by atoms with E-state index in [0.717, 1.165) is 18.7 Å². The monoisotopic (exact) mass is 351 g/mol. The van der Waals surface area contributed by atoms with E-state index < -0.39 is 0 Å². The first kappa shape index (κ1) is 19.3. The van der Waals surface area contributed by atoms with Gasteiger partial charge >= 0.3 is 0 Å². The van der Waals surface area contributed by atoms with Crippen LogP contribution < -0.4 is 10.1 Å². The predicted molar refractivity (Wildman–Crippen MR) is 102 cm³/mol. The van der Waals surface area contributed by atoms with Crippen LogP contribution in [-0.2, 0) is 0 Å². The summed E-state index contributed by atoms with van der Waals surface area (Å²) in [4.78, 5) is 0. The van der Waals surface area contributed by atoms with Crippen LogP contribution in [0.4, 0.5) is 0 Å². The number of allylic oxidation sites excluding steroid dienone is 2. The molecule has 0 fully saturated rings. The smallest absolute Gasteiger partial charge is 0.126 e. The topological polar surface area (TPSA) is 41.5 Å². The zero-order valence-corrected chi connectivity index (χ0v) is 15.9. The molecule has 2 aliphatic rings. The zero-order chi connectivity index (χ0) is 16.4. The van der Waals surface area contributed by atoms with Crippen LogP contribution in [0.2, 0.25) is 0 Å². The van der Waals surface area contributed by atoms with E-state index in [0.29, 0.717) is 12.5 Å². The van der Waals surface area contributed by atoms with Gasteiger partial charge in [0.1, 0.15) is 5.75 Å². The van der Waals surface area contributed by atoms with Crippen molar-refractivity contribution >= 4 is 18.0 Å². The maximum absolute atomic E-state index is 8.97. The van der Waals surface area contributed by atoms with Crippen molar-refractivity contribution < 1.29 is 9.84 Å². The van der Waals surface area contributed by atoms with Crippen molar-refractivity contribution in [2.75, 3.05) is 26.8 Å². The van der Waals surface area contributed by atoms with Gasteiger partial charge < -0.3 is 15.2 Å². The second-order valence-electron chi connectivity index (χ2n) is 6.86. The van der Waals surface area contributed by atoms with Gasteiger partial charge in [-0.05, 0) is 74.8 Å². The van der Waals surface area contributed by atoms with Crippen LogP contribution in [0, 0.1) is 13.8 Å². The Bertz CT molecular complexity index is 625. The minimum absolute atomic E-state index is 0. The maximum atomic E-state index is 8.97. The van der Waals surface area contributed by atoms with Crippen molar-refractivity contribution in [2.45, 2.75) is 51.9 Å². The molecule has 0 bridgehead atoms. The number of nitrogens with one attached hydrogen (secondary N) is 1. The highest BCUT2D eigenvalue weighted by Crippen LogP contribution is 2.54. The third-order valence-electron chi connectivity index (χ3n) is 5.38. The molecule has 0 saturated heterocycles. The van der Waals surface area contributed by atoms with Crippen LogP contribution in [0.1, 0.15) is 60.3 Å². The molecule has 0 radical (unpaired) electrons. The van der Waals surface area contributed by atoms with Gasteiger partial charge in [-0.15, -0.1) is 12.4 Å². The summed E-state index contributed by atoms with van der Waals surface area (Å²) in [7, 11) is 1.80. The number of hydrogen-bond acceptors (Lipinski definition) is 3. The van der Waals surface area contributed by atoms with E-state index in [9.17, 15) is 0 Å². The van der Waals surface area contributed by atoms with Crippen molar-refractivity contribution in [3.8, 4) is 5.75 Å². The average Bonchev–Trinajstić information content (AvgIpc) is 2.87. The Kier molecular flexibility index (Phi) is 6.73. The molecule has 3 rings (SSSR count). The van der Waals surface area contributed by atoms with E-state index in [1.807, 2.05) is 0 Å². The van der Waals surface area contributed by atoms with Gasteiger partial charge in [-0.3, -0.25) is 0 Å². The molecule has 0 aromatic heterocycles. The lowest BCUT2D eigenvalue weighted by Gasteiger charge is -2.22. The van der Waals surface area contributed by atoms with E-state index in [4.69, 9.17) is 9.84 Å². The molecule has 0 spiro atoms. The number of aliphatic hydroxyl groups excluding tert-OH is 1. The predicted octanol–water partition coefficient (Wildman–Crippen LogP) is 4.13. The third-order valence-corrected chi connectivity index (χ3v) is 5.38. The number of methoxy groups -OCH3 is 1. The van der Waals surface area contributed by atoms with Crippen LogP contribution in [0.25, 0.3) is 5.57 Å². The Hall–Kier alpha value is -1.03. The number of rotatable bonds is 6. The average molecular weight is 352 g/mol. The van der Waals surface area contributed by atoms with Crippen molar-refractivity contribution in [3.63, 3.8) is 0 Å². The summed E-state index contributed by atoms with van der Waals surface area (Å²) in [5, 5.41) is 12.3. The summed E-state index contributed by atoms with van der Waals surface area (Å²) in [6, 6.07) is 2.28. The summed E-state index contributed by atoms with van der Waals surface area (Å²) >= 11 is 0. The number of ether oxygens (including phenoxy) is 1. The molecule has 1 unspecified atom stereocenters. The van der Waals surface area contributed by atoms with Gasteiger partial charge in [0.05, 0.1) is 13.7 Å². The quantitative estimate of drug-likeness (QED) is 0.757. The molecule has 4 heteroatoms. The van der Waals surface area contributed by atoms with Gasteiger partial charge in [0, 0.05) is 18.0 Å². The van der Waals surface area contributed by atoms with Crippen molar-refractivity contribution in [2.24, 2.45) is 0 Å². The van der Waals surface area contributed by atoms with Gasteiger partial charge in [-0.2, -0.15) is 0 Å². The van der Waals surface area contributed by atoms with Crippen LogP contribution in [-0.4, -0.2) is 31.9 Å². The molecule has 3 nitrogen and oxygen atoms in total. The first-order valence-electron chi connectivity index (χ1n) is 8.91. The summed E-state index contributed by atoms with van der Waals surface area (Å²) in [6.45, 7) is 6.23. The third kappa shape index (κ3) is 3.35. The standard InChI is InChI=1S/C20H29NO2.ClH/c1-13-12-14(2)20(23-3)19-17(8-9-21-10-11-22)15-6-4-5-7-16(15)18(13)19;/h12,17,21-22H,4-11H2,1-3H3;1H. The molecule has 1 aromatic rings. The zero-order valence-electron chi connectivity index (χ0n) is 15.1. The van der Waals surface area contributed by atoms with E-state index in [1.54, 1.807) is 18.3 Å². The molecule has 2 aliphatic carbocycles. The Labute approximate surface area is 151 Å². The molecule has 1 atom stereocenters. The number of fused-ring (bicyclic) bond motifs is 2. The molecule has 0 saturated carbocycles. The molecule has 0 heterocycles. The van der Waals surface area contributed by atoms with Crippen LogP contribution in [0.5, 0.6) is 5.75 Å². The Morgan fingerprint density at radius 3 is 2.62 bits per heavy atom. The number of halogens is 1. The molecule has 134 valence electrons. The number of benzene rings is 1. The SMILES string of the molecule is COc1c(C)cc(C)c2c1C(CCNCCO)C1=C2CCCC1.Cl. The minimum atomic E-state index is 0. The Balaban J connectivity index is 0.00000208. The Morgan fingerprint density at radius 2 is 1.92 bits per heavy atom. The lowest BCUT2D eigenvalue weighted by molar-refractivity contribution is 0.291. The second-order valence-corrected chi connectivity index (χ2v) is 6.86. The van der Waals surface area contributed by atoms with E-state index >= 15 is 0 Å². The molecule has 2 N–H and O–H groups in total. The normalized spacial score (nSPS) is 18.9. The minimum Gasteiger partial charge on any atom is -0.496 e. The number of aliphatic hydroxyl groups is 1.